The zero-order valence-corrected chi connectivity index (χ0v) is 22.8. The van der Waals surface area contributed by atoms with Crippen LogP contribution in [0.4, 0.5) is 24.5 Å². The molecule has 0 aromatic heterocycles. The Balaban J connectivity index is 1.68. The standard InChI is InChI=1S/C29H39F3N4O2/c1-5-20(6-2)28(37)33-22-10-12-27(26(32)18-22)36-15-13-34(14-16-36)19-23(29(38)35(7-3)8-4)21-9-11-24(30)25(31)17-21/h9-12,17-18,20,23H,5-8,13-16,19H2,1-4H3,(H,33,37). The van der Waals surface area contributed by atoms with E-state index in [1.54, 1.807) is 17.0 Å². The number of halogens is 3. The summed E-state index contributed by atoms with van der Waals surface area (Å²) in [4.78, 5) is 31.4. The van der Waals surface area contributed by atoms with Gasteiger partial charge in [-0.05, 0) is 62.6 Å². The molecule has 0 bridgehead atoms. The Hall–Kier alpha value is -3.07. The fourth-order valence-corrected chi connectivity index (χ4v) is 4.99. The Morgan fingerprint density at radius 2 is 1.53 bits per heavy atom. The monoisotopic (exact) mass is 532 g/mol. The number of amides is 2. The molecule has 1 atom stereocenters. The van der Waals surface area contributed by atoms with E-state index >= 15 is 0 Å². The Bertz CT molecular complexity index is 1100. The van der Waals surface area contributed by atoms with E-state index in [4.69, 9.17) is 0 Å². The highest BCUT2D eigenvalue weighted by Crippen LogP contribution is 2.27. The Labute approximate surface area is 223 Å². The third-order valence-electron chi connectivity index (χ3n) is 7.44. The van der Waals surface area contributed by atoms with E-state index in [1.165, 1.54) is 12.1 Å². The van der Waals surface area contributed by atoms with Crippen LogP contribution in [-0.4, -0.2) is 67.4 Å². The summed E-state index contributed by atoms with van der Waals surface area (Å²) >= 11 is 0. The molecule has 1 heterocycles. The highest BCUT2D eigenvalue weighted by Gasteiger charge is 2.29. The molecular weight excluding hydrogens is 493 g/mol. The fourth-order valence-electron chi connectivity index (χ4n) is 4.99. The summed E-state index contributed by atoms with van der Waals surface area (Å²) < 4.78 is 42.6. The van der Waals surface area contributed by atoms with Gasteiger partial charge in [-0.3, -0.25) is 14.5 Å². The lowest BCUT2D eigenvalue weighted by molar-refractivity contribution is -0.133. The number of nitrogens with zero attached hydrogens (tertiary/aromatic N) is 3. The van der Waals surface area contributed by atoms with Crippen LogP contribution in [-0.2, 0) is 9.59 Å². The quantitative estimate of drug-likeness (QED) is 0.429. The largest absolute Gasteiger partial charge is 0.367 e. The minimum atomic E-state index is -0.973. The third-order valence-corrected chi connectivity index (χ3v) is 7.44. The van der Waals surface area contributed by atoms with Crippen molar-refractivity contribution in [3.8, 4) is 0 Å². The number of carbonyl (C=O) groups excluding carboxylic acids is 2. The summed E-state index contributed by atoms with van der Waals surface area (Å²) in [6.45, 7) is 11.3. The molecule has 1 N–H and O–H groups in total. The van der Waals surface area contributed by atoms with Crippen LogP contribution in [0, 0.1) is 23.4 Å². The number of likely N-dealkylation sites (N-methyl/N-ethyl adjacent to an activating group) is 1. The lowest BCUT2D eigenvalue weighted by atomic mass is 9.96. The molecule has 1 unspecified atom stereocenters. The molecule has 38 heavy (non-hydrogen) atoms. The van der Waals surface area contributed by atoms with Gasteiger partial charge in [0.1, 0.15) is 5.82 Å². The first-order valence-corrected chi connectivity index (χ1v) is 13.5. The van der Waals surface area contributed by atoms with Gasteiger partial charge in [0.2, 0.25) is 11.8 Å². The van der Waals surface area contributed by atoms with Gasteiger partial charge >= 0.3 is 0 Å². The molecule has 3 rings (SSSR count). The minimum absolute atomic E-state index is 0.102. The summed E-state index contributed by atoms with van der Waals surface area (Å²) in [6.07, 6.45) is 1.45. The zero-order valence-electron chi connectivity index (χ0n) is 22.8. The van der Waals surface area contributed by atoms with Crippen molar-refractivity contribution in [3.05, 3.63) is 59.4 Å². The topological polar surface area (TPSA) is 55.9 Å². The van der Waals surface area contributed by atoms with Crippen LogP contribution in [0.1, 0.15) is 52.0 Å². The molecule has 9 heteroatoms. The second-order valence-corrected chi connectivity index (χ2v) is 9.69. The third kappa shape index (κ3) is 7.07. The fraction of sp³-hybridized carbons (Fsp3) is 0.517. The average molecular weight is 533 g/mol. The number of piperazine rings is 1. The summed E-state index contributed by atoms with van der Waals surface area (Å²) in [5, 5.41) is 2.80. The zero-order chi connectivity index (χ0) is 27.8. The molecule has 2 aromatic carbocycles. The van der Waals surface area contributed by atoms with Crippen LogP contribution in [0.25, 0.3) is 0 Å². The minimum Gasteiger partial charge on any atom is -0.367 e. The Morgan fingerprint density at radius 3 is 2.08 bits per heavy atom. The smallest absolute Gasteiger partial charge is 0.231 e. The van der Waals surface area contributed by atoms with Gasteiger partial charge in [0.15, 0.2) is 11.6 Å². The maximum absolute atomic E-state index is 15.0. The number of hydrogen-bond acceptors (Lipinski definition) is 4. The molecule has 0 saturated carbocycles. The molecule has 1 saturated heterocycles. The predicted molar refractivity (Wildman–Crippen MR) is 145 cm³/mol. The highest BCUT2D eigenvalue weighted by molar-refractivity contribution is 5.92. The van der Waals surface area contributed by atoms with Gasteiger partial charge in [-0.25, -0.2) is 13.2 Å². The first-order valence-electron chi connectivity index (χ1n) is 13.5. The average Bonchev–Trinajstić information content (AvgIpc) is 2.91. The molecule has 1 aliphatic rings. The molecule has 6 nitrogen and oxygen atoms in total. The van der Waals surface area contributed by atoms with Gasteiger partial charge in [0.05, 0.1) is 11.6 Å². The maximum atomic E-state index is 15.0. The van der Waals surface area contributed by atoms with E-state index in [0.717, 1.165) is 25.0 Å². The van der Waals surface area contributed by atoms with Gasteiger partial charge in [0, 0.05) is 57.4 Å². The van der Waals surface area contributed by atoms with Gasteiger partial charge in [-0.15, -0.1) is 0 Å². The first-order chi connectivity index (χ1) is 18.2. The van der Waals surface area contributed by atoms with E-state index in [0.29, 0.717) is 62.8 Å². The molecule has 1 fully saturated rings. The van der Waals surface area contributed by atoms with Crippen LogP contribution >= 0.6 is 0 Å². The molecule has 1 aliphatic heterocycles. The number of nitrogens with one attached hydrogen (secondary N) is 1. The van der Waals surface area contributed by atoms with Crippen molar-refractivity contribution in [2.24, 2.45) is 5.92 Å². The molecule has 0 radical (unpaired) electrons. The van der Waals surface area contributed by atoms with Gasteiger partial charge in [-0.2, -0.15) is 0 Å². The van der Waals surface area contributed by atoms with Crippen molar-refractivity contribution in [2.75, 3.05) is 56.0 Å². The summed E-state index contributed by atoms with van der Waals surface area (Å²) in [7, 11) is 0. The van der Waals surface area contributed by atoms with E-state index in [9.17, 15) is 22.8 Å². The molecule has 0 aliphatic carbocycles. The normalized spacial score (nSPS) is 15.0. The highest BCUT2D eigenvalue weighted by atomic mass is 19.2. The second kappa shape index (κ2) is 13.6. The second-order valence-electron chi connectivity index (χ2n) is 9.69. The van der Waals surface area contributed by atoms with Crippen molar-refractivity contribution in [2.45, 2.75) is 46.5 Å². The number of hydrogen-bond donors (Lipinski definition) is 1. The van der Waals surface area contributed by atoms with Crippen LogP contribution in [0.2, 0.25) is 0 Å². The lowest BCUT2D eigenvalue weighted by Crippen LogP contribution is -2.49. The molecule has 2 amide bonds. The maximum Gasteiger partial charge on any atom is 0.231 e. The van der Waals surface area contributed by atoms with E-state index in [2.05, 4.69) is 10.2 Å². The number of carbonyl (C=O) groups is 2. The molecule has 2 aromatic rings. The van der Waals surface area contributed by atoms with Gasteiger partial charge < -0.3 is 15.1 Å². The van der Waals surface area contributed by atoms with Crippen LogP contribution in [0.15, 0.2) is 36.4 Å². The van der Waals surface area contributed by atoms with Crippen LogP contribution < -0.4 is 10.2 Å². The number of rotatable bonds is 11. The first kappa shape index (κ1) is 29.5. The van der Waals surface area contributed by atoms with E-state index in [1.807, 2.05) is 32.6 Å². The summed E-state index contributed by atoms with van der Waals surface area (Å²) in [5.41, 5.74) is 1.34. The number of anilines is 2. The van der Waals surface area contributed by atoms with Crippen molar-refractivity contribution >= 4 is 23.2 Å². The van der Waals surface area contributed by atoms with E-state index in [-0.39, 0.29) is 17.7 Å². The van der Waals surface area contributed by atoms with Gasteiger partial charge in [-0.1, -0.05) is 19.9 Å². The van der Waals surface area contributed by atoms with Crippen molar-refractivity contribution in [1.29, 1.82) is 0 Å². The molecule has 0 spiro atoms. The van der Waals surface area contributed by atoms with Crippen molar-refractivity contribution in [3.63, 3.8) is 0 Å². The van der Waals surface area contributed by atoms with E-state index < -0.39 is 23.4 Å². The van der Waals surface area contributed by atoms with Crippen molar-refractivity contribution < 1.29 is 22.8 Å². The number of benzene rings is 2. The lowest BCUT2D eigenvalue weighted by Gasteiger charge is -2.38. The molecular formula is C29H39F3N4O2. The van der Waals surface area contributed by atoms with Gasteiger partial charge in [0.25, 0.3) is 0 Å². The SMILES string of the molecule is CCC(CC)C(=O)Nc1ccc(N2CCN(CC(C(=O)N(CC)CC)c3ccc(F)c(F)c3)CC2)c(F)c1. The van der Waals surface area contributed by atoms with Crippen molar-refractivity contribution in [1.82, 2.24) is 9.80 Å². The van der Waals surface area contributed by atoms with Crippen LogP contribution in [0.5, 0.6) is 0 Å². The van der Waals surface area contributed by atoms with Crippen LogP contribution in [0.3, 0.4) is 0 Å². The molecule has 208 valence electrons. The summed E-state index contributed by atoms with van der Waals surface area (Å²) in [6, 6.07) is 8.39. The predicted octanol–water partition coefficient (Wildman–Crippen LogP) is 5.25. The Kier molecular flexibility index (Phi) is 10.6. The summed E-state index contributed by atoms with van der Waals surface area (Å²) in [5.74, 6) is -3.29. The Morgan fingerprint density at radius 1 is 0.868 bits per heavy atom.